The van der Waals surface area contributed by atoms with Crippen LogP contribution in [0.1, 0.15) is 0 Å². The highest BCUT2D eigenvalue weighted by Crippen LogP contribution is 2.34. The zero-order valence-corrected chi connectivity index (χ0v) is 4.17. The summed E-state index contributed by atoms with van der Waals surface area (Å²) in [6.45, 7) is 0. The number of rotatable bonds is 2. The molecule has 6 heteroatoms. The van der Waals surface area contributed by atoms with E-state index in [-0.39, 0.29) is 6.03 Å². The van der Waals surface area contributed by atoms with Gasteiger partial charge in [-0.2, -0.15) is 0 Å². The third-order valence-electron chi connectivity index (χ3n) is 0.284. The van der Waals surface area contributed by atoms with E-state index in [1.54, 1.807) is 0 Å². The Balaban J connectivity index is 3.85. The van der Waals surface area contributed by atoms with E-state index in [1.165, 1.54) is 0 Å². The second-order valence-corrected chi connectivity index (χ2v) is 2.32. The summed E-state index contributed by atoms with van der Waals surface area (Å²) in [6, 6.07) is -0.243. The first kappa shape index (κ1) is 6.78. The molecule has 0 saturated carbocycles. The molecule has 1 unspecified atom stereocenters. The largest absolute Gasteiger partial charge is 0.407 e. The SMILES string of the molecule is NOP(=O)(O)C=O. The Hall–Kier alpha value is -0.220. The van der Waals surface area contributed by atoms with Crippen molar-refractivity contribution in [3.63, 3.8) is 0 Å². The normalized spacial score (nSPS) is 18.0. The zero-order valence-electron chi connectivity index (χ0n) is 3.27. The Labute approximate surface area is 39.6 Å². The van der Waals surface area contributed by atoms with Crippen LogP contribution in [0.5, 0.6) is 0 Å². The summed E-state index contributed by atoms with van der Waals surface area (Å²) >= 11 is 0. The standard InChI is InChI=1S/CH4NO4P/c2-6-7(4,5)1-3/h1H,2H2,(H,4,5). The van der Waals surface area contributed by atoms with Gasteiger partial charge in [0, 0.05) is 0 Å². The predicted molar refractivity (Wildman–Crippen MR) is 21.8 cm³/mol. The van der Waals surface area contributed by atoms with Crippen LogP contribution in [0, 0.1) is 0 Å². The maximum absolute atomic E-state index is 9.79. The Morgan fingerprint density at radius 3 is 2.29 bits per heavy atom. The van der Waals surface area contributed by atoms with E-state index in [9.17, 15) is 9.36 Å². The lowest BCUT2D eigenvalue weighted by molar-refractivity contribution is 0.279. The van der Waals surface area contributed by atoms with E-state index in [1.807, 2.05) is 0 Å². The first-order valence-electron chi connectivity index (χ1n) is 1.29. The van der Waals surface area contributed by atoms with E-state index >= 15 is 0 Å². The van der Waals surface area contributed by atoms with E-state index in [2.05, 4.69) is 10.5 Å². The van der Waals surface area contributed by atoms with Gasteiger partial charge in [0.25, 0.3) is 0 Å². The van der Waals surface area contributed by atoms with Gasteiger partial charge in [0.1, 0.15) is 0 Å². The Morgan fingerprint density at radius 1 is 1.86 bits per heavy atom. The topological polar surface area (TPSA) is 89.6 Å². The van der Waals surface area contributed by atoms with Crippen LogP contribution in [0.3, 0.4) is 0 Å². The van der Waals surface area contributed by atoms with Crippen molar-refractivity contribution >= 4 is 13.6 Å². The van der Waals surface area contributed by atoms with Crippen molar-refractivity contribution in [3.05, 3.63) is 0 Å². The van der Waals surface area contributed by atoms with Crippen molar-refractivity contribution < 1.29 is 18.9 Å². The van der Waals surface area contributed by atoms with Gasteiger partial charge in [0.05, 0.1) is 0 Å². The molecule has 0 aromatic heterocycles. The molecule has 0 spiro atoms. The van der Waals surface area contributed by atoms with Gasteiger partial charge in [-0.1, -0.05) is 0 Å². The molecule has 0 heterocycles. The van der Waals surface area contributed by atoms with Gasteiger partial charge in [-0.05, 0) is 0 Å². The molecular formula is CH4NO4P. The number of hydrogen-bond donors (Lipinski definition) is 2. The first-order valence-corrected chi connectivity index (χ1v) is 2.94. The highest BCUT2D eigenvalue weighted by atomic mass is 31.2. The predicted octanol–water partition coefficient (Wildman–Crippen LogP) is -0.748. The van der Waals surface area contributed by atoms with Crippen molar-refractivity contribution in [3.8, 4) is 0 Å². The molecular weight excluding hydrogens is 121 g/mol. The molecule has 42 valence electrons. The van der Waals surface area contributed by atoms with Gasteiger partial charge in [-0.15, -0.1) is 0 Å². The monoisotopic (exact) mass is 125 g/mol. The smallest absolute Gasteiger partial charge is 0.318 e. The molecule has 0 rings (SSSR count). The lowest BCUT2D eigenvalue weighted by Crippen LogP contribution is -1.95. The van der Waals surface area contributed by atoms with Crippen LogP contribution in [-0.4, -0.2) is 10.9 Å². The van der Waals surface area contributed by atoms with Crippen LogP contribution in [0.15, 0.2) is 0 Å². The van der Waals surface area contributed by atoms with Crippen molar-refractivity contribution in [2.75, 3.05) is 0 Å². The average molecular weight is 125 g/mol. The van der Waals surface area contributed by atoms with Gasteiger partial charge in [0.15, 0.2) is 0 Å². The van der Waals surface area contributed by atoms with Crippen LogP contribution < -0.4 is 5.90 Å². The highest BCUT2D eigenvalue weighted by molar-refractivity contribution is 7.68. The summed E-state index contributed by atoms with van der Waals surface area (Å²) in [5.74, 6) is 4.17. The molecule has 0 aliphatic rings. The molecule has 0 bridgehead atoms. The second kappa shape index (κ2) is 2.18. The summed E-state index contributed by atoms with van der Waals surface area (Å²) in [7, 11) is -4.06. The van der Waals surface area contributed by atoms with Gasteiger partial charge in [-0.3, -0.25) is 9.36 Å². The fourth-order valence-electron chi connectivity index (χ4n) is 0.0248. The molecule has 3 N–H and O–H groups in total. The van der Waals surface area contributed by atoms with E-state index in [0.717, 1.165) is 0 Å². The van der Waals surface area contributed by atoms with Crippen LogP contribution in [0.4, 0.5) is 0 Å². The molecule has 0 radical (unpaired) electrons. The quantitative estimate of drug-likeness (QED) is 0.288. The van der Waals surface area contributed by atoms with Crippen molar-refractivity contribution in [2.45, 2.75) is 0 Å². The molecule has 0 aromatic carbocycles. The van der Waals surface area contributed by atoms with E-state index < -0.39 is 7.60 Å². The minimum atomic E-state index is -4.06. The van der Waals surface area contributed by atoms with Crippen LogP contribution in [0.2, 0.25) is 0 Å². The molecule has 0 aromatic rings. The average Bonchev–Trinajstić information content (AvgIpc) is 1.68. The number of carbonyl (C=O) groups is 1. The Bertz CT molecular complexity index is 110. The third kappa shape index (κ3) is 2.47. The number of nitrogens with two attached hydrogens (primary N) is 1. The first-order chi connectivity index (χ1) is 3.12. The molecule has 0 fully saturated rings. The minimum Gasteiger partial charge on any atom is -0.318 e. The summed E-state index contributed by atoms with van der Waals surface area (Å²) in [5.41, 5.74) is 0. The van der Waals surface area contributed by atoms with Crippen molar-refractivity contribution in [1.29, 1.82) is 0 Å². The van der Waals surface area contributed by atoms with E-state index in [4.69, 9.17) is 4.89 Å². The molecule has 1 atom stereocenters. The molecule has 0 aliphatic carbocycles. The van der Waals surface area contributed by atoms with Crippen LogP contribution >= 0.6 is 7.60 Å². The van der Waals surface area contributed by atoms with Crippen molar-refractivity contribution in [2.24, 2.45) is 5.90 Å². The van der Waals surface area contributed by atoms with Gasteiger partial charge < -0.3 is 4.89 Å². The van der Waals surface area contributed by atoms with Crippen LogP contribution in [-0.2, 0) is 14.0 Å². The lowest BCUT2D eigenvalue weighted by Gasteiger charge is -1.93. The molecule has 5 nitrogen and oxygen atoms in total. The highest BCUT2D eigenvalue weighted by Gasteiger charge is 2.14. The third-order valence-corrected chi connectivity index (χ3v) is 0.853. The zero-order chi connectivity index (χ0) is 5.91. The summed E-state index contributed by atoms with van der Waals surface area (Å²) in [6.07, 6.45) is 0. The molecule has 0 saturated heterocycles. The number of hydrogen-bond acceptors (Lipinski definition) is 4. The molecule has 0 amide bonds. The van der Waals surface area contributed by atoms with Gasteiger partial charge in [-0.25, -0.2) is 10.5 Å². The summed E-state index contributed by atoms with van der Waals surface area (Å²) < 4.78 is 13.1. The Morgan fingerprint density at radius 2 is 2.29 bits per heavy atom. The van der Waals surface area contributed by atoms with Gasteiger partial charge >= 0.3 is 7.60 Å². The van der Waals surface area contributed by atoms with Gasteiger partial charge in [0.2, 0.25) is 6.03 Å². The second-order valence-electron chi connectivity index (χ2n) is 0.775. The fraction of sp³-hybridized carbons (Fsp3) is 0. The molecule has 0 aliphatic heterocycles. The maximum Gasteiger partial charge on any atom is 0.407 e. The van der Waals surface area contributed by atoms with Crippen molar-refractivity contribution in [1.82, 2.24) is 0 Å². The summed E-state index contributed by atoms with van der Waals surface area (Å²) in [5, 5.41) is 0. The van der Waals surface area contributed by atoms with Crippen LogP contribution in [0.25, 0.3) is 0 Å². The minimum absolute atomic E-state index is 0.243. The number of carbonyl (C=O) groups excluding carboxylic acids is 1. The lowest BCUT2D eigenvalue weighted by atomic mass is 11.8. The molecule has 7 heavy (non-hydrogen) atoms. The van der Waals surface area contributed by atoms with E-state index in [0.29, 0.717) is 0 Å². The fourth-order valence-corrected chi connectivity index (χ4v) is 0.0745. The Kier molecular flexibility index (Phi) is 2.11. The maximum atomic E-state index is 9.79. The summed E-state index contributed by atoms with van der Waals surface area (Å²) in [4.78, 5) is 17.3.